The van der Waals surface area contributed by atoms with E-state index in [0.717, 1.165) is 6.42 Å². The summed E-state index contributed by atoms with van der Waals surface area (Å²) in [5, 5.41) is 3.05. The minimum Gasteiger partial charge on any atom is -0.478 e. The minimum absolute atomic E-state index is 0.544. The largest absolute Gasteiger partial charge is 0.478 e. The summed E-state index contributed by atoms with van der Waals surface area (Å²) < 4.78 is 5.39. The molecule has 0 aliphatic carbocycles. The van der Waals surface area contributed by atoms with Gasteiger partial charge >= 0.3 is 0 Å². The number of aromatic nitrogens is 2. The summed E-state index contributed by atoms with van der Waals surface area (Å²) in [6.45, 7) is 3.93. The van der Waals surface area contributed by atoms with E-state index < -0.39 is 0 Å². The van der Waals surface area contributed by atoms with Crippen LogP contribution in [0, 0.1) is 0 Å². The number of anilines is 1. The van der Waals surface area contributed by atoms with E-state index in [9.17, 15) is 0 Å². The fourth-order valence-electron chi connectivity index (χ4n) is 1.04. The van der Waals surface area contributed by atoms with E-state index in [1.54, 1.807) is 12.3 Å². The molecule has 16 heavy (non-hydrogen) atoms. The van der Waals surface area contributed by atoms with Crippen molar-refractivity contribution < 1.29 is 4.74 Å². The first kappa shape index (κ1) is 12.4. The van der Waals surface area contributed by atoms with E-state index >= 15 is 0 Å². The molecule has 0 bridgehead atoms. The number of ether oxygens (including phenoxy) is 1. The van der Waals surface area contributed by atoms with Crippen LogP contribution in [0.25, 0.3) is 0 Å². The number of rotatable bonds is 7. The van der Waals surface area contributed by atoms with Crippen LogP contribution in [0.3, 0.4) is 0 Å². The molecular formula is C11H18N4O. The normalized spacial score (nSPS) is 10.6. The van der Waals surface area contributed by atoms with Gasteiger partial charge < -0.3 is 15.8 Å². The van der Waals surface area contributed by atoms with Gasteiger partial charge in [-0.3, -0.25) is 0 Å². The Bertz CT molecular complexity index is 328. The van der Waals surface area contributed by atoms with Gasteiger partial charge in [0.1, 0.15) is 0 Å². The van der Waals surface area contributed by atoms with Crippen LogP contribution < -0.4 is 15.8 Å². The van der Waals surface area contributed by atoms with E-state index in [0.29, 0.717) is 31.5 Å². The van der Waals surface area contributed by atoms with Crippen molar-refractivity contribution in [1.29, 1.82) is 0 Å². The molecule has 5 heteroatoms. The maximum atomic E-state index is 5.39. The van der Waals surface area contributed by atoms with Crippen LogP contribution in [0.5, 0.6) is 5.88 Å². The van der Waals surface area contributed by atoms with Gasteiger partial charge in [0.05, 0.1) is 6.61 Å². The van der Waals surface area contributed by atoms with Gasteiger partial charge in [-0.2, -0.15) is 4.98 Å². The van der Waals surface area contributed by atoms with E-state index in [1.807, 2.05) is 12.2 Å². The number of hydrogen-bond donors (Lipinski definition) is 2. The molecular weight excluding hydrogens is 204 g/mol. The molecule has 0 spiro atoms. The lowest BCUT2D eigenvalue weighted by atomic mass is 10.5. The van der Waals surface area contributed by atoms with Gasteiger partial charge in [-0.25, -0.2) is 4.98 Å². The Kier molecular flexibility index (Phi) is 5.95. The number of nitrogens with two attached hydrogens (primary N) is 1. The highest BCUT2D eigenvalue weighted by Crippen LogP contribution is 2.08. The van der Waals surface area contributed by atoms with Gasteiger partial charge in [0, 0.05) is 25.4 Å². The lowest BCUT2D eigenvalue weighted by Crippen LogP contribution is -2.05. The SMILES string of the molecule is CCCOc1ccnc(NC/C=C/CN)n1. The van der Waals surface area contributed by atoms with Crippen molar-refractivity contribution in [3.8, 4) is 5.88 Å². The fourth-order valence-corrected chi connectivity index (χ4v) is 1.04. The van der Waals surface area contributed by atoms with Crippen molar-refractivity contribution >= 4 is 5.95 Å². The molecule has 1 aromatic rings. The molecule has 0 radical (unpaired) electrons. The molecule has 1 rings (SSSR count). The van der Waals surface area contributed by atoms with E-state index in [-0.39, 0.29) is 0 Å². The zero-order chi connectivity index (χ0) is 11.6. The first-order valence-electron chi connectivity index (χ1n) is 5.41. The molecule has 3 N–H and O–H groups in total. The smallest absolute Gasteiger partial charge is 0.226 e. The van der Waals surface area contributed by atoms with Crippen molar-refractivity contribution in [2.75, 3.05) is 25.0 Å². The van der Waals surface area contributed by atoms with Crippen molar-refractivity contribution in [2.24, 2.45) is 5.73 Å². The molecule has 0 aliphatic rings. The van der Waals surface area contributed by atoms with Gasteiger partial charge in [-0.05, 0) is 6.42 Å². The zero-order valence-electron chi connectivity index (χ0n) is 9.52. The Balaban J connectivity index is 2.43. The summed E-state index contributed by atoms with van der Waals surface area (Å²) in [5.74, 6) is 1.16. The maximum absolute atomic E-state index is 5.39. The summed E-state index contributed by atoms with van der Waals surface area (Å²) in [5.41, 5.74) is 5.32. The third-order valence-electron chi connectivity index (χ3n) is 1.76. The molecule has 0 amide bonds. The van der Waals surface area contributed by atoms with Gasteiger partial charge in [0.25, 0.3) is 0 Å². The van der Waals surface area contributed by atoms with Gasteiger partial charge in [0.15, 0.2) is 0 Å². The third kappa shape index (κ3) is 4.75. The highest BCUT2D eigenvalue weighted by atomic mass is 16.5. The number of nitrogens with one attached hydrogen (secondary N) is 1. The summed E-state index contributed by atoms with van der Waals surface area (Å²) >= 11 is 0. The molecule has 5 nitrogen and oxygen atoms in total. The van der Waals surface area contributed by atoms with Gasteiger partial charge in [-0.1, -0.05) is 19.1 Å². The predicted molar refractivity (Wildman–Crippen MR) is 64.5 cm³/mol. The number of nitrogens with zero attached hydrogens (tertiary/aromatic N) is 2. The molecule has 0 saturated carbocycles. The van der Waals surface area contributed by atoms with Crippen LogP contribution >= 0.6 is 0 Å². The van der Waals surface area contributed by atoms with Crippen LogP contribution in [0.1, 0.15) is 13.3 Å². The second-order valence-corrected chi connectivity index (χ2v) is 3.15. The molecule has 88 valence electrons. The lowest BCUT2D eigenvalue weighted by molar-refractivity contribution is 0.305. The van der Waals surface area contributed by atoms with Crippen LogP contribution in [0.15, 0.2) is 24.4 Å². The standard InChI is InChI=1S/C11H18N4O/c1-2-9-16-10-5-8-14-11(15-10)13-7-4-3-6-12/h3-5,8H,2,6-7,9,12H2,1H3,(H,13,14,15)/b4-3+. The van der Waals surface area contributed by atoms with Crippen molar-refractivity contribution in [2.45, 2.75) is 13.3 Å². The van der Waals surface area contributed by atoms with E-state index in [2.05, 4.69) is 22.2 Å². The predicted octanol–water partition coefficient (Wildman–Crippen LogP) is 1.19. The molecule has 0 saturated heterocycles. The lowest BCUT2D eigenvalue weighted by Gasteiger charge is -2.05. The quantitative estimate of drug-likeness (QED) is 0.678. The average molecular weight is 222 g/mol. The monoisotopic (exact) mass is 222 g/mol. The van der Waals surface area contributed by atoms with Crippen molar-refractivity contribution in [3.63, 3.8) is 0 Å². The topological polar surface area (TPSA) is 73.1 Å². The first-order chi connectivity index (χ1) is 7.86. The molecule has 1 heterocycles. The Labute approximate surface area is 95.7 Å². The average Bonchev–Trinajstić information content (AvgIpc) is 2.33. The summed E-state index contributed by atoms with van der Waals surface area (Å²) in [7, 11) is 0. The number of hydrogen-bond acceptors (Lipinski definition) is 5. The summed E-state index contributed by atoms with van der Waals surface area (Å²) in [6.07, 6.45) is 6.45. The Hall–Kier alpha value is -1.62. The molecule has 0 unspecified atom stereocenters. The third-order valence-corrected chi connectivity index (χ3v) is 1.76. The molecule has 0 aromatic carbocycles. The maximum Gasteiger partial charge on any atom is 0.226 e. The van der Waals surface area contributed by atoms with Crippen molar-refractivity contribution in [1.82, 2.24) is 9.97 Å². The van der Waals surface area contributed by atoms with Crippen LogP contribution in [-0.4, -0.2) is 29.7 Å². The minimum atomic E-state index is 0.544. The molecule has 0 aliphatic heterocycles. The Morgan fingerprint density at radius 2 is 2.38 bits per heavy atom. The zero-order valence-corrected chi connectivity index (χ0v) is 9.52. The highest BCUT2D eigenvalue weighted by molar-refractivity contribution is 5.28. The second kappa shape index (κ2) is 7.64. The fraction of sp³-hybridized carbons (Fsp3) is 0.455. The molecule has 0 fully saturated rings. The van der Waals surface area contributed by atoms with Gasteiger partial charge in [0.2, 0.25) is 11.8 Å². The molecule has 0 atom stereocenters. The van der Waals surface area contributed by atoms with Crippen LogP contribution in [0.4, 0.5) is 5.95 Å². The van der Waals surface area contributed by atoms with Crippen molar-refractivity contribution in [3.05, 3.63) is 24.4 Å². The molecule has 1 aromatic heterocycles. The van der Waals surface area contributed by atoms with Crippen LogP contribution in [-0.2, 0) is 0 Å². The van der Waals surface area contributed by atoms with E-state index in [4.69, 9.17) is 10.5 Å². The first-order valence-corrected chi connectivity index (χ1v) is 5.41. The summed E-state index contributed by atoms with van der Waals surface area (Å²) in [4.78, 5) is 8.28. The Morgan fingerprint density at radius 1 is 1.50 bits per heavy atom. The second-order valence-electron chi connectivity index (χ2n) is 3.15. The van der Waals surface area contributed by atoms with Gasteiger partial charge in [-0.15, -0.1) is 0 Å². The highest BCUT2D eigenvalue weighted by Gasteiger charge is 1.97. The Morgan fingerprint density at radius 3 is 3.12 bits per heavy atom. The van der Waals surface area contributed by atoms with E-state index in [1.165, 1.54) is 0 Å². The van der Waals surface area contributed by atoms with Crippen LogP contribution in [0.2, 0.25) is 0 Å². The summed E-state index contributed by atoms with van der Waals surface area (Å²) in [6, 6.07) is 1.75.